The molecule has 1 aromatic carbocycles. The highest BCUT2D eigenvalue weighted by Gasteiger charge is 2.29. The molecule has 4 nitrogen and oxygen atoms in total. The minimum absolute atomic E-state index is 0.219. The van der Waals surface area contributed by atoms with Gasteiger partial charge in [-0.3, -0.25) is 0 Å². The lowest BCUT2D eigenvalue weighted by Crippen LogP contribution is -2.14. The van der Waals surface area contributed by atoms with Crippen molar-refractivity contribution in [1.29, 1.82) is 0 Å². The third-order valence-electron chi connectivity index (χ3n) is 2.79. The Morgan fingerprint density at radius 1 is 1.33 bits per heavy atom. The summed E-state index contributed by atoms with van der Waals surface area (Å²) in [5.74, 6) is 0.122. The van der Waals surface area contributed by atoms with Gasteiger partial charge in [0.1, 0.15) is 22.7 Å². The smallest absolute Gasteiger partial charge is 0.339 e. The summed E-state index contributed by atoms with van der Waals surface area (Å²) in [5, 5.41) is 9.95. The molecule has 2 rings (SSSR count). The molecular weight excluding hydrogens is 232 g/mol. The molecule has 0 saturated carbocycles. The second-order valence-electron chi connectivity index (χ2n) is 5.22. The number of fused-ring (bicyclic) bond motifs is 1. The minimum atomic E-state index is -0.980. The van der Waals surface area contributed by atoms with Crippen LogP contribution < -0.4 is 4.74 Å². The van der Waals surface area contributed by atoms with Gasteiger partial charge in [-0.15, -0.1) is 0 Å². The number of carboxylic acid groups (broad SMARTS) is 1. The molecule has 0 aliphatic carbocycles. The molecule has 1 N–H and O–H groups in total. The lowest BCUT2D eigenvalue weighted by atomic mass is 9.89. The summed E-state index contributed by atoms with van der Waals surface area (Å²) in [7, 11) is 1.55. The molecular formula is C14H16O4. The van der Waals surface area contributed by atoms with Crippen molar-refractivity contribution in [3.63, 3.8) is 0 Å². The number of carboxylic acids is 1. The summed E-state index contributed by atoms with van der Waals surface area (Å²) >= 11 is 0. The van der Waals surface area contributed by atoms with Crippen molar-refractivity contribution in [2.45, 2.75) is 26.2 Å². The zero-order valence-corrected chi connectivity index (χ0v) is 10.9. The van der Waals surface area contributed by atoms with Crippen LogP contribution >= 0.6 is 0 Å². The summed E-state index contributed by atoms with van der Waals surface area (Å²) in [6.45, 7) is 5.77. The molecule has 1 heterocycles. The Labute approximate surface area is 105 Å². The fourth-order valence-corrected chi connectivity index (χ4v) is 1.94. The van der Waals surface area contributed by atoms with E-state index in [1.54, 1.807) is 25.3 Å². The van der Waals surface area contributed by atoms with Gasteiger partial charge >= 0.3 is 5.97 Å². The van der Waals surface area contributed by atoms with Gasteiger partial charge in [-0.25, -0.2) is 4.79 Å². The van der Waals surface area contributed by atoms with E-state index >= 15 is 0 Å². The van der Waals surface area contributed by atoms with E-state index in [4.69, 9.17) is 9.15 Å². The van der Waals surface area contributed by atoms with Gasteiger partial charge in [-0.05, 0) is 18.2 Å². The maximum atomic E-state index is 11.4. The van der Waals surface area contributed by atoms with Crippen LogP contribution in [0.2, 0.25) is 0 Å². The quantitative estimate of drug-likeness (QED) is 0.884. The van der Waals surface area contributed by atoms with E-state index < -0.39 is 5.97 Å². The van der Waals surface area contributed by atoms with Crippen LogP contribution in [0.25, 0.3) is 11.0 Å². The van der Waals surface area contributed by atoms with E-state index in [0.717, 1.165) is 0 Å². The molecule has 0 saturated heterocycles. The van der Waals surface area contributed by atoms with E-state index in [9.17, 15) is 9.90 Å². The molecule has 0 radical (unpaired) electrons. The van der Waals surface area contributed by atoms with Crippen LogP contribution in [0.4, 0.5) is 0 Å². The van der Waals surface area contributed by atoms with Gasteiger partial charge < -0.3 is 14.3 Å². The number of methoxy groups -OCH3 is 1. The number of rotatable bonds is 2. The summed E-state index contributed by atoms with van der Waals surface area (Å²) < 4.78 is 10.8. The molecule has 96 valence electrons. The molecule has 0 spiro atoms. The Balaban J connectivity index is 2.81. The number of carbonyl (C=O) groups is 1. The van der Waals surface area contributed by atoms with Crippen molar-refractivity contribution in [1.82, 2.24) is 0 Å². The van der Waals surface area contributed by atoms with Crippen molar-refractivity contribution in [2.75, 3.05) is 7.11 Å². The van der Waals surface area contributed by atoms with Crippen molar-refractivity contribution < 1.29 is 19.1 Å². The Morgan fingerprint density at radius 3 is 2.50 bits per heavy atom. The highest BCUT2D eigenvalue weighted by Crippen LogP contribution is 2.35. The SMILES string of the molecule is COc1ccc2oc(C(C)(C)C)c(C(=O)O)c2c1. The first-order chi connectivity index (χ1) is 8.34. The zero-order valence-electron chi connectivity index (χ0n) is 10.9. The highest BCUT2D eigenvalue weighted by atomic mass is 16.5. The first-order valence-corrected chi connectivity index (χ1v) is 5.69. The molecule has 0 aliphatic heterocycles. The van der Waals surface area contributed by atoms with Crippen LogP contribution in [0.5, 0.6) is 5.75 Å². The average Bonchev–Trinajstić information content (AvgIpc) is 2.66. The zero-order chi connectivity index (χ0) is 13.5. The van der Waals surface area contributed by atoms with E-state index in [2.05, 4.69) is 0 Å². The standard InChI is InChI=1S/C14H16O4/c1-14(2,3)12-11(13(15)16)9-7-8(17-4)5-6-10(9)18-12/h5-7H,1-4H3,(H,15,16). The molecule has 18 heavy (non-hydrogen) atoms. The third kappa shape index (κ3) is 1.94. The van der Waals surface area contributed by atoms with Gasteiger partial charge in [0.25, 0.3) is 0 Å². The van der Waals surface area contributed by atoms with Gasteiger partial charge in [-0.1, -0.05) is 20.8 Å². The van der Waals surface area contributed by atoms with Crippen LogP contribution in [-0.4, -0.2) is 18.2 Å². The number of ether oxygens (including phenoxy) is 1. The minimum Gasteiger partial charge on any atom is -0.497 e. The monoisotopic (exact) mass is 248 g/mol. The number of aromatic carboxylic acids is 1. The molecule has 0 bridgehead atoms. The Hall–Kier alpha value is -1.97. The predicted octanol–water partition coefficient (Wildman–Crippen LogP) is 3.44. The Kier molecular flexibility index (Phi) is 2.81. The predicted molar refractivity (Wildman–Crippen MR) is 68.4 cm³/mol. The van der Waals surface area contributed by atoms with E-state index in [0.29, 0.717) is 22.5 Å². The lowest BCUT2D eigenvalue weighted by Gasteiger charge is -2.15. The van der Waals surface area contributed by atoms with Crippen LogP contribution in [0, 0.1) is 0 Å². The second-order valence-corrected chi connectivity index (χ2v) is 5.22. The van der Waals surface area contributed by atoms with Crippen LogP contribution in [0.1, 0.15) is 36.9 Å². The number of hydrogen-bond donors (Lipinski definition) is 1. The largest absolute Gasteiger partial charge is 0.497 e. The van der Waals surface area contributed by atoms with Gasteiger partial charge in [-0.2, -0.15) is 0 Å². The van der Waals surface area contributed by atoms with Crippen molar-refractivity contribution >= 4 is 16.9 Å². The van der Waals surface area contributed by atoms with E-state index in [-0.39, 0.29) is 11.0 Å². The van der Waals surface area contributed by atoms with Gasteiger partial charge in [0.2, 0.25) is 0 Å². The number of benzene rings is 1. The highest BCUT2D eigenvalue weighted by molar-refractivity contribution is 6.04. The van der Waals surface area contributed by atoms with E-state index in [1.165, 1.54) is 0 Å². The topological polar surface area (TPSA) is 59.7 Å². The molecule has 0 aliphatic rings. The molecule has 2 aromatic rings. The molecule has 1 aromatic heterocycles. The summed E-state index contributed by atoms with van der Waals surface area (Å²) in [6.07, 6.45) is 0. The first kappa shape index (κ1) is 12.5. The van der Waals surface area contributed by atoms with Crippen molar-refractivity contribution in [2.24, 2.45) is 0 Å². The van der Waals surface area contributed by atoms with Gasteiger partial charge in [0.15, 0.2) is 0 Å². The first-order valence-electron chi connectivity index (χ1n) is 5.69. The van der Waals surface area contributed by atoms with Gasteiger partial charge in [0.05, 0.1) is 7.11 Å². The van der Waals surface area contributed by atoms with Crippen LogP contribution in [0.15, 0.2) is 22.6 Å². The average molecular weight is 248 g/mol. The van der Waals surface area contributed by atoms with Crippen molar-refractivity contribution in [3.8, 4) is 5.75 Å². The fourth-order valence-electron chi connectivity index (χ4n) is 1.94. The lowest BCUT2D eigenvalue weighted by molar-refractivity contribution is 0.0694. The van der Waals surface area contributed by atoms with Crippen molar-refractivity contribution in [3.05, 3.63) is 29.5 Å². The Bertz CT molecular complexity index is 602. The number of hydrogen-bond acceptors (Lipinski definition) is 3. The molecule has 4 heteroatoms. The maximum Gasteiger partial charge on any atom is 0.339 e. The molecule has 0 atom stereocenters. The molecule has 0 unspecified atom stereocenters. The Morgan fingerprint density at radius 2 is 2.00 bits per heavy atom. The third-order valence-corrected chi connectivity index (χ3v) is 2.79. The summed E-state index contributed by atoms with van der Waals surface area (Å²) in [4.78, 5) is 11.4. The van der Waals surface area contributed by atoms with E-state index in [1.807, 2.05) is 20.8 Å². The normalized spacial score (nSPS) is 11.8. The molecule has 0 amide bonds. The van der Waals surface area contributed by atoms with Gasteiger partial charge in [0, 0.05) is 10.8 Å². The van der Waals surface area contributed by atoms with Crippen LogP contribution in [-0.2, 0) is 5.41 Å². The fraction of sp³-hybridized carbons (Fsp3) is 0.357. The second kappa shape index (κ2) is 4.05. The maximum absolute atomic E-state index is 11.4. The summed E-state index contributed by atoms with van der Waals surface area (Å²) in [5.41, 5.74) is 0.425. The number of furan rings is 1. The molecule has 0 fully saturated rings. The van der Waals surface area contributed by atoms with Crippen LogP contribution in [0.3, 0.4) is 0 Å². The summed E-state index contributed by atoms with van der Waals surface area (Å²) in [6, 6.07) is 5.18.